The highest BCUT2D eigenvalue weighted by atomic mass is 16.5. The van der Waals surface area contributed by atoms with E-state index >= 15 is 0 Å². The molecule has 1 saturated heterocycles. The monoisotopic (exact) mass is 142 g/mol. The third-order valence-electron chi connectivity index (χ3n) is 2.85. The number of fused-ring (bicyclic) bond motifs is 2. The maximum Gasteiger partial charge on any atom is 0.0582 e. The molecule has 58 valence electrons. The first-order valence-corrected chi connectivity index (χ1v) is 4.07. The number of hydrogen-bond acceptors (Lipinski definition) is 2. The van der Waals surface area contributed by atoms with Crippen LogP contribution in [0.2, 0.25) is 0 Å². The maximum atomic E-state index is 9.09. The third kappa shape index (κ3) is 0.867. The molecule has 1 heterocycles. The van der Waals surface area contributed by atoms with Gasteiger partial charge in [0.1, 0.15) is 0 Å². The molecule has 10 heavy (non-hydrogen) atoms. The molecule has 0 radical (unpaired) electrons. The number of hydrogen-bond donors (Lipinski definition) is 1. The lowest BCUT2D eigenvalue weighted by molar-refractivity contribution is 0.0856. The molecule has 0 spiro atoms. The highest BCUT2D eigenvalue weighted by molar-refractivity contribution is 4.91. The second-order valence-corrected chi connectivity index (χ2v) is 3.69. The van der Waals surface area contributed by atoms with E-state index in [1.54, 1.807) is 0 Å². The average Bonchev–Trinajstić information content (AvgIpc) is 2.29. The molecule has 2 heteroatoms. The summed E-state index contributed by atoms with van der Waals surface area (Å²) in [5.74, 6) is 0. The van der Waals surface area contributed by atoms with Crippen LogP contribution >= 0.6 is 0 Å². The van der Waals surface area contributed by atoms with Crippen molar-refractivity contribution in [3.8, 4) is 0 Å². The Bertz CT molecular complexity index is 131. The zero-order chi connectivity index (χ0) is 7.03. The first-order chi connectivity index (χ1) is 4.85. The van der Waals surface area contributed by atoms with E-state index in [0.717, 1.165) is 13.0 Å². The van der Waals surface area contributed by atoms with Crippen LogP contribution in [0.1, 0.15) is 25.7 Å². The molecule has 1 saturated carbocycles. The Balaban J connectivity index is 2.10. The quantitative estimate of drug-likeness (QED) is 0.590. The second kappa shape index (κ2) is 2.21. The Morgan fingerprint density at radius 1 is 1.60 bits per heavy atom. The van der Waals surface area contributed by atoms with E-state index in [1.807, 2.05) is 0 Å². The van der Waals surface area contributed by atoms with Gasteiger partial charge in [-0.3, -0.25) is 0 Å². The van der Waals surface area contributed by atoms with E-state index in [9.17, 15) is 0 Å². The lowest BCUT2D eigenvalue weighted by atomic mass is 9.76. The third-order valence-corrected chi connectivity index (χ3v) is 2.85. The van der Waals surface area contributed by atoms with Crippen LogP contribution in [0.5, 0.6) is 0 Å². The summed E-state index contributed by atoms with van der Waals surface area (Å²) in [6.07, 6.45) is 5.19. The lowest BCUT2D eigenvalue weighted by Gasteiger charge is -2.28. The van der Waals surface area contributed by atoms with Crippen molar-refractivity contribution >= 4 is 0 Å². The van der Waals surface area contributed by atoms with Gasteiger partial charge in [0.2, 0.25) is 0 Å². The Kier molecular flexibility index (Phi) is 1.46. The van der Waals surface area contributed by atoms with E-state index in [4.69, 9.17) is 9.84 Å². The SMILES string of the molecule is OCC12CCCC(C1)OC2. The van der Waals surface area contributed by atoms with Crippen LogP contribution in [0.3, 0.4) is 0 Å². The summed E-state index contributed by atoms with van der Waals surface area (Å²) in [6.45, 7) is 1.12. The van der Waals surface area contributed by atoms with Crippen molar-refractivity contribution in [2.75, 3.05) is 13.2 Å². The minimum atomic E-state index is 0.170. The Labute approximate surface area is 61.2 Å². The highest BCUT2D eigenvalue weighted by Crippen LogP contribution is 2.42. The molecular formula is C8H14O2. The van der Waals surface area contributed by atoms with Crippen molar-refractivity contribution in [2.24, 2.45) is 5.41 Å². The lowest BCUT2D eigenvalue weighted by Crippen LogP contribution is -2.28. The van der Waals surface area contributed by atoms with Crippen molar-refractivity contribution in [2.45, 2.75) is 31.8 Å². The van der Waals surface area contributed by atoms with Gasteiger partial charge in [0.05, 0.1) is 19.3 Å². The zero-order valence-electron chi connectivity index (χ0n) is 6.18. The normalized spacial score (nSPS) is 45.9. The van der Waals surface area contributed by atoms with Gasteiger partial charge in [-0.1, -0.05) is 6.42 Å². The fourth-order valence-corrected chi connectivity index (χ4v) is 2.15. The number of ether oxygens (including phenoxy) is 1. The molecule has 2 nitrogen and oxygen atoms in total. The van der Waals surface area contributed by atoms with Crippen molar-refractivity contribution in [1.29, 1.82) is 0 Å². The molecule has 1 aliphatic heterocycles. The summed E-state index contributed by atoms with van der Waals surface area (Å²) >= 11 is 0. The van der Waals surface area contributed by atoms with E-state index in [0.29, 0.717) is 12.7 Å². The molecule has 2 fully saturated rings. The molecule has 0 aromatic carbocycles. The second-order valence-electron chi connectivity index (χ2n) is 3.69. The molecule has 0 amide bonds. The maximum absolute atomic E-state index is 9.09. The largest absolute Gasteiger partial charge is 0.396 e. The molecule has 1 N–H and O–H groups in total. The molecular weight excluding hydrogens is 128 g/mol. The molecule has 2 bridgehead atoms. The predicted octanol–water partition coefficient (Wildman–Crippen LogP) is 0.938. The number of aliphatic hydroxyl groups excluding tert-OH is 1. The van der Waals surface area contributed by atoms with Crippen LogP contribution < -0.4 is 0 Å². The summed E-state index contributed by atoms with van der Waals surface area (Å²) in [6, 6.07) is 0. The van der Waals surface area contributed by atoms with Crippen LogP contribution in [0.25, 0.3) is 0 Å². The molecule has 2 atom stereocenters. The summed E-state index contributed by atoms with van der Waals surface area (Å²) < 4.78 is 5.51. The van der Waals surface area contributed by atoms with Crippen molar-refractivity contribution in [3.63, 3.8) is 0 Å². The average molecular weight is 142 g/mol. The Morgan fingerprint density at radius 2 is 2.50 bits per heavy atom. The van der Waals surface area contributed by atoms with Crippen LogP contribution in [-0.4, -0.2) is 24.4 Å². The summed E-state index contributed by atoms with van der Waals surface area (Å²) in [4.78, 5) is 0. The van der Waals surface area contributed by atoms with Gasteiger partial charge in [-0.25, -0.2) is 0 Å². The number of aliphatic hydroxyl groups is 1. The summed E-state index contributed by atoms with van der Waals surface area (Å²) in [5, 5.41) is 9.09. The highest BCUT2D eigenvalue weighted by Gasteiger charge is 2.42. The minimum absolute atomic E-state index is 0.170. The summed E-state index contributed by atoms with van der Waals surface area (Å²) in [5.41, 5.74) is 0.170. The Hall–Kier alpha value is -0.0800. The van der Waals surface area contributed by atoms with Gasteiger partial charge >= 0.3 is 0 Å². The fraction of sp³-hybridized carbons (Fsp3) is 1.00. The van der Waals surface area contributed by atoms with Crippen LogP contribution in [0.15, 0.2) is 0 Å². The van der Waals surface area contributed by atoms with Gasteiger partial charge in [-0.15, -0.1) is 0 Å². The van der Waals surface area contributed by atoms with E-state index in [1.165, 1.54) is 19.3 Å². The van der Waals surface area contributed by atoms with E-state index in [-0.39, 0.29) is 5.41 Å². The van der Waals surface area contributed by atoms with Gasteiger partial charge < -0.3 is 9.84 Å². The van der Waals surface area contributed by atoms with Crippen LogP contribution in [-0.2, 0) is 4.74 Å². The molecule has 0 aromatic heterocycles. The minimum Gasteiger partial charge on any atom is -0.396 e. The molecule has 1 aliphatic carbocycles. The standard InChI is InChI=1S/C8H14O2/c9-5-8-3-1-2-7(4-8)10-6-8/h7,9H,1-6H2. The molecule has 2 unspecified atom stereocenters. The van der Waals surface area contributed by atoms with Crippen LogP contribution in [0.4, 0.5) is 0 Å². The van der Waals surface area contributed by atoms with Gasteiger partial charge in [0.15, 0.2) is 0 Å². The molecule has 2 aliphatic rings. The van der Waals surface area contributed by atoms with Gasteiger partial charge in [-0.2, -0.15) is 0 Å². The molecule has 2 rings (SSSR count). The molecule has 0 aromatic rings. The fourth-order valence-electron chi connectivity index (χ4n) is 2.15. The first-order valence-electron chi connectivity index (χ1n) is 4.07. The van der Waals surface area contributed by atoms with Crippen molar-refractivity contribution in [3.05, 3.63) is 0 Å². The topological polar surface area (TPSA) is 29.5 Å². The van der Waals surface area contributed by atoms with Crippen molar-refractivity contribution in [1.82, 2.24) is 0 Å². The zero-order valence-corrected chi connectivity index (χ0v) is 6.18. The first kappa shape index (κ1) is 6.62. The summed E-state index contributed by atoms with van der Waals surface area (Å²) in [7, 11) is 0. The van der Waals surface area contributed by atoms with Crippen molar-refractivity contribution < 1.29 is 9.84 Å². The van der Waals surface area contributed by atoms with Gasteiger partial charge in [0, 0.05) is 5.41 Å². The Morgan fingerprint density at radius 3 is 3.20 bits per heavy atom. The number of rotatable bonds is 1. The predicted molar refractivity (Wildman–Crippen MR) is 37.7 cm³/mol. The van der Waals surface area contributed by atoms with E-state index in [2.05, 4.69) is 0 Å². The van der Waals surface area contributed by atoms with E-state index < -0.39 is 0 Å². The smallest absolute Gasteiger partial charge is 0.0582 e. The van der Waals surface area contributed by atoms with Gasteiger partial charge in [0.25, 0.3) is 0 Å². The van der Waals surface area contributed by atoms with Gasteiger partial charge in [-0.05, 0) is 19.3 Å². The van der Waals surface area contributed by atoms with Crippen LogP contribution in [0, 0.1) is 5.41 Å².